The fourth-order valence-corrected chi connectivity index (χ4v) is 3.57. The van der Waals surface area contributed by atoms with Gasteiger partial charge >= 0.3 is 5.97 Å². The Morgan fingerprint density at radius 3 is 2.19 bits per heavy atom. The number of carboxylic acids is 1. The Kier molecular flexibility index (Phi) is 5.07. The van der Waals surface area contributed by atoms with Gasteiger partial charge in [0.2, 0.25) is 5.82 Å². The molecule has 32 heavy (non-hydrogen) atoms. The third-order valence-corrected chi connectivity index (χ3v) is 5.11. The van der Waals surface area contributed by atoms with Crippen LogP contribution in [0.3, 0.4) is 0 Å². The van der Waals surface area contributed by atoms with Crippen molar-refractivity contribution in [1.29, 1.82) is 0 Å². The summed E-state index contributed by atoms with van der Waals surface area (Å²) in [5.41, 5.74) is 0.238. The Morgan fingerprint density at radius 1 is 1.06 bits per heavy atom. The third kappa shape index (κ3) is 3.16. The van der Waals surface area contributed by atoms with Crippen LogP contribution in [0.15, 0.2) is 17.1 Å². The maximum absolute atomic E-state index is 14.7. The first-order valence-corrected chi connectivity index (χ1v) is 9.04. The van der Waals surface area contributed by atoms with Gasteiger partial charge in [0.15, 0.2) is 34.9 Å². The lowest BCUT2D eigenvalue weighted by Crippen LogP contribution is -2.29. The highest BCUT2D eigenvalue weighted by atomic mass is 19.2. The predicted molar refractivity (Wildman–Crippen MR) is 98.4 cm³/mol. The minimum absolute atomic E-state index is 0.148. The molecule has 0 spiro atoms. The summed E-state index contributed by atoms with van der Waals surface area (Å²) < 4.78 is 85.2. The summed E-state index contributed by atoms with van der Waals surface area (Å²) in [6, 6.07) is 0.0986. The number of fused-ring (bicyclic) bond motifs is 1. The van der Waals surface area contributed by atoms with E-state index in [1.807, 2.05) is 0 Å². The number of hydrogen-bond acceptors (Lipinski definition) is 5. The van der Waals surface area contributed by atoms with Crippen molar-refractivity contribution >= 4 is 17.4 Å². The Balaban J connectivity index is 2.14. The van der Waals surface area contributed by atoms with E-state index in [9.17, 15) is 41.0 Å². The second-order valence-corrected chi connectivity index (χ2v) is 7.13. The summed E-state index contributed by atoms with van der Waals surface area (Å²) in [4.78, 5) is 29.2. The van der Waals surface area contributed by atoms with Gasteiger partial charge in [0, 0.05) is 24.7 Å². The molecule has 168 valence electrons. The van der Waals surface area contributed by atoms with Crippen LogP contribution in [0.5, 0.6) is 0 Å². The van der Waals surface area contributed by atoms with Crippen LogP contribution in [0.25, 0.3) is 16.8 Å². The molecule has 1 unspecified atom stereocenters. The van der Waals surface area contributed by atoms with Gasteiger partial charge in [-0.25, -0.2) is 36.1 Å². The Morgan fingerprint density at radius 2 is 1.66 bits per heavy atom. The monoisotopic (exact) mass is 458 g/mol. The van der Waals surface area contributed by atoms with E-state index < -0.39 is 68.8 Å². The number of nitrogens with zero attached hydrogens (tertiary/aromatic N) is 3. The van der Waals surface area contributed by atoms with E-state index in [4.69, 9.17) is 5.73 Å². The van der Waals surface area contributed by atoms with Gasteiger partial charge in [0.1, 0.15) is 11.2 Å². The zero-order valence-electron chi connectivity index (χ0n) is 15.8. The summed E-state index contributed by atoms with van der Waals surface area (Å²) >= 11 is 0. The molecule has 0 radical (unpaired) electrons. The number of hydrogen-bond donors (Lipinski definition) is 2. The fourth-order valence-electron chi connectivity index (χ4n) is 3.57. The highest BCUT2D eigenvalue weighted by Crippen LogP contribution is 2.34. The second kappa shape index (κ2) is 7.51. The fraction of sp³-hybridized carbons (Fsp3) is 0.211. The Labute approximate surface area is 174 Å². The molecule has 4 rings (SSSR count). The van der Waals surface area contributed by atoms with Crippen molar-refractivity contribution in [3.63, 3.8) is 0 Å². The molecular weight excluding hydrogens is 446 g/mol. The van der Waals surface area contributed by atoms with Crippen LogP contribution < -0.4 is 16.2 Å². The number of benzene rings is 1. The van der Waals surface area contributed by atoms with Crippen LogP contribution in [0, 0.1) is 34.9 Å². The van der Waals surface area contributed by atoms with Crippen molar-refractivity contribution in [2.75, 3.05) is 18.0 Å². The van der Waals surface area contributed by atoms with Crippen molar-refractivity contribution in [3.8, 4) is 11.1 Å². The number of pyridine rings is 1. The molecule has 2 aromatic heterocycles. The number of aromatic carboxylic acids is 1. The zero-order chi connectivity index (χ0) is 23.5. The van der Waals surface area contributed by atoms with E-state index in [2.05, 4.69) is 4.98 Å². The molecule has 3 N–H and O–H groups in total. The van der Waals surface area contributed by atoms with E-state index in [1.54, 1.807) is 0 Å². The first-order valence-electron chi connectivity index (χ1n) is 9.04. The largest absolute Gasteiger partial charge is 0.477 e. The summed E-state index contributed by atoms with van der Waals surface area (Å²) in [5, 5.41) is 9.27. The molecule has 1 aliphatic rings. The average molecular weight is 458 g/mol. The zero-order valence-corrected chi connectivity index (χ0v) is 15.8. The average Bonchev–Trinajstić information content (AvgIpc) is 3.18. The Hall–Kier alpha value is -3.61. The van der Waals surface area contributed by atoms with Crippen LogP contribution in [0.4, 0.5) is 32.2 Å². The number of halogens is 6. The lowest BCUT2D eigenvalue weighted by molar-refractivity contribution is 0.0694. The minimum atomic E-state index is -2.43. The molecule has 1 aromatic carbocycles. The maximum Gasteiger partial charge on any atom is 0.341 e. The van der Waals surface area contributed by atoms with Gasteiger partial charge in [-0.05, 0) is 12.5 Å². The summed E-state index contributed by atoms with van der Waals surface area (Å²) in [6.45, 7) is 0.395. The van der Waals surface area contributed by atoms with Gasteiger partial charge in [-0.1, -0.05) is 0 Å². The number of carbonyl (C=O) groups is 1. The first kappa shape index (κ1) is 21.6. The van der Waals surface area contributed by atoms with Crippen molar-refractivity contribution in [1.82, 2.24) is 9.38 Å². The molecule has 1 saturated heterocycles. The van der Waals surface area contributed by atoms with Gasteiger partial charge in [0.25, 0.3) is 5.56 Å². The minimum Gasteiger partial charge on any atom is -0.477 e. The van der Waals surface area contributed by atoms with Crippen LogP contribution in [-0.4, -0.2) is 39.6 Å². The number of rotatable bonds is 3. The van der Waals surface area contributed by atoms with Crippen molar-refractivity contribution in [3.05, 3.63) is 63.1 Å². The van der Waals surface area contributed by atoms with E-state index in [-0.39, 0.29) is 24.9 Å². The maximum atomic E-state index is 14.7. The molecule has 0 bridgehead atoms. The van der Waals surface area contributed by atoms with Gasteiger partial charge in [-0.15, -0.1) is 0 Å². The molecule has 0 saturated carbocycles. The van der Waals surface area contributed by atoms with Crippen molar-refractivity contribution in [2.45, 2.75) is 12.5 Å². The van der Waals surface area contributed by atoms with E-state index >= 15 is 0 Å². The number of anilines is 1. The van der Waals surface area contributed by atoms with Crippen LogP contribution in [0.2, 0.25) is 0 Å². The quantitative estimate of drug-likeness (QED) is 0.355. The summed E-state index contributed by atoms with van der Waals surface area (Å²) in [5.74, 6) is -14.9. The van der Waals surface area contributed by atoms with Crippen molar-refractivity contribution < 1.29 is 36.2 Å². The molecule has 13 heteroatoms. The summed E-state index contributed by atoms with van der Waals surface area (Å²) in [7, 11) is 0. The normalized spacial score (nSPS) is 16.2. The molecule has 0 amide bonds. The topological polar surface area (TPSA) is 101 Å². The van der Waals surface area contributed by atoms with E-state index in [1.165, 1.54) is 4.90 Å². The molecule has 1 aliphatic heterocycles. The lowest BCUT2D eigenvalue weighted by Gasteiger charge is -2.19. The molecule has 1 fully saturated rings. The smallest absolute Gasteiger partial charge is 0.341 e. The predicted octanol–water partition coefficient (Wildman–Crippen LogP) is 2.43. The van der Waals surface area contributed by atoms with Crippen molar-refractivity contribution in [2.24, 2.45) is 5.73 Å². The molecule has 0 aliphatic carbocycles. The molecule has 3 heterocycles. The van der Waals surface area contributed by atoms with Gasteiger partial charge in [0.05, 0.1) is 11.8 Å². The number of carboxylic acid groups (broad SMARTS) is 1. The standard InChI is InChI=1S/C19H12F6N4O3/c20-9-5-29-16(27-17(9)28-2-1-6(26)4-28)7(3-8(18(29)30)19(31)32)10-11(21)13(23)15(25)14(24)12(10)22/h3,5-6H,1-2,4,26H2,(H,31,32). The third-order valence-electron chi connectivity index (χ3n) is 5.11. The van der Waals surface area contributed by atoms with E-state index in [0.29, 0.717) is 23.1 Å². The molecule has 1 atom stereocenters. The number of aromatic nitrogens is 2. The highest BCUT2D eigenvalue weighted by molar-refractivity contribution is 5.92. The van der Waals surface area contributed by atoms with E-state index in [0.717, 1.165) is 0 Å². The van der Waals surface area contributed by atoms with Crippen LogP contribution in [-0.2, 0) is 0 Å². The lowest BCUT2D eigenvalue weighted by atomic mass is 10.0. The molecule has 3 aromatic rings. The molecule has 7 nitrogen and oxygen atoms in total. The first-order chi connectivity index (χ1) is 15.0. The second-order valence-electron chi connectivity index (χ2n) is 7.13. The SMILES string of the molecule is NC1CCN(c2nc3c(-c4c(F)c(F)c(F)c(F)c4F)cc(C(=O)O)c(=O)n3cc2F)C1. The van der Waals surface area contributed by atoms with Crippen LogP contribution >= 0.6 is 0 Å². The highest BCUT2D eigenvalue weighted by Gasteiger charge is 2.31. The Bertz CT molecular complexity index is 1330. The van der Waals surface area contributed by atoms with Gasteiger partial charge in [-0.2, -0.15) is 0 Å². The van der Waals surface area contributed by atoms with Crippen LogP contribution in [0.1, 0.15) is 16.8 Å². The molecular formula is C19H12F6N4O3. The summed E-state index contributed by atoms with van der Waals surface area (Å²) in [6.07, 6.45) is 0.993. The number of nitrogens with two attached hydrogens (primary N) is 1. The van der Waals surface area contributed by atoms with Gasteiger partial charge < -0.3 is 15.7 Å². The van der Waals surface area contributed by atoms with Gasteiger partial charge in [-0.3, -0.25) is 9.20 Å².